The van der Waals surface area contributed by atoms with Crippen molar-refractivity contribution in [3.63, 3.8) is 0 Å². The monoisotopic (exact) mass is 108 g/mol. The molecule has 0 aromatic heterocycles. The molecule has 1 N–H and O–H groups in total. The summed E-state index contributed by atoms with van der Waals surface area (Å²) in [6.07, 6.45) is 0. The Labute approximate surface area is 38.4 Å². The molecule has 0 heterocycles. The summed E-state index contributed by atoms with van der Waals surface area (Å²) in [5, 5.41) is 7.62. The minimum Gasteiger partial charge on any atom is -0.383 e. The fourth-order valence-electron chi connectivity index (χ4n) is 0. The first-order valence-electron chi connectivity index (χ1n) is 1.75. The van der Waals surface area contributed by atoms with E-state index in [2.05, 4.69) is 0 Å². The van der Waals surface area contributed by atoms with E-state index in [0.717, 1.165) is 0 Å². The Morgan fingerprint density at radius 2 is 1.83 bits per heavy atom. The summed E-state index contributed by atoms with van der Waals surface area (Å²) >= 11 is 0. The van der Waals surface area contributed by atoms with Crippen LogP contribution in [-0.2, 0) is 4.57 Å². The zero-order chi connectivity index (χ0) is 5.21. The van der Waals surface area contributed by atoms with Crippen LogP contribution in [0.3, 0.4) is 0 Å². The first-order chi connectivity index (χ1) is 2.56. The molecule has 0 aromatic carbocycles. The van der Waals surface area contributed by atoms with Crippen molar-refractivity contribution in [1.82, 2.24) is 0 Å². The van der Waals surface area contributed by atoms with Crippen LogP contribution in [0.1, 0.15) is 13.8 Å². The molecule has 0 aliphatic carbocycles. The van der Waals surface area contributed by atoms with Gasteiger partial charge in [0.25, 0.3) is 0 Å². The van der Waals surface area contributed by atoms with Crippen LogP contribution < -0.4 is 0 Å². The topological polar surface area (TPSA) is 37.3 Å². The smallest absolute Gasteiger partial charge is 0.107 e. The molecule has 0 rings (SSSR count). The molecule has 0 amide bonds. The van der Waals surface area contributed by atoms with Gasteiger partial charge in [-0.05, 0) is 13.8 Å². The van der Waals surface area contributed by atoms with Crippen LogP contribution in [0.4, 0.5) is 0 Å². The third kappa shape index (κ3) is 4.19. The molecule has 0 radical (unpaired) electrons. The van der Waals surface area contributed by atoms with Crippen molar-refractivity contribution in [2.24, 2.45) is 0 Å². The van der Waals surface area contributed by atoms with Crippen LogP contribution in [0, 0.1) is 0 Å². The molecule has 0 aliphatic heterocycles. The van der Waals surface area contributed by atoms with Gasteiger partial charge in [0.05, 0.1) is 8.46 Å². The number of aliphatic hydroxyl groups is 1. The number of rotatable bonds is 1. The lowest BCUT2D eigenvalue weighted by Crippen LogP contribution is -2.05. The number of hydrogen-bond donors (Lipinski definition) is 1. The van der Waals surface area contributed by atoms with E-state index in [0.29, 0.717) is 0 Å². The minimum absolute atomic E-state index is 0.931. The summed E-state index contributed by atoms with van der Waals surface area (Å²) in [6.45, 7) is 3.05. The quantitative estimate of drug-likeness (QED) is 0.496. The van der Waals surface area contributed by atoms with E-state index in [1.807, 2.05) is 0 Å². The van der Waals surface area contributed by atoms with E-state index < -0.39 is 13.8 Å². The molecule has 0 bridgehead atoms. The molecule has 0 aliphatic rings. The highest BCUT2D eigenvalue weighted by molar-refractivity contribution is 7.25. The Kier molecular flexibility index (Phi) is 1.82. The van der Waals surface area contributed by atoms with Crippen molar-refractivity contribution < 1.29 is 9.67 Å². The molecule has 0 spiro atoms. The maximum Gasteiger partial charge on any atom is 0.107 e. The fourth-order valence-corrected chi connectivity index (χ4v) is 0. The molecule has 3 heteroatoms. The van der Waals surface area contributed by atoms with Gasteiger partial charge in [-0.1, -0.05) is 0 Å². The van der Waals surface area contributed by atoms with Gasteiger partial charge in [0, 0.05) is 0 Å². The largest absolute Gasteiger partial charge is 0.383 e. The predicted octanol–water partition coefficient (Wildman–Crippen LogP) is 0.471. The Bertz CT molecular complexity index is 54.3. The summed E-state index contributed by atoms with van der Waals surface area (Å²) in [6, 6.07) is 0. The Morgan fingerprint density at radius 3 is 1.83 bits per heavy atom. The van der Waals surface area contributed by atoms with Crippen molar-refractivity contribution in [1.29, 1.82) is 0 Å². The second-order valence-corrected chi connectivity index (χ2v) is 3.42. The van der Waals surface area contributed by atoms with E-state index in [1.165, 1.54) is 13.8 Å². The standard InChI is InChI=1S/C3H9O2P/c1-3(2,4)6-5/h4H,6H2,1-2H3. The molecule has 0 saturated carbocycles. The van der Waals surface area contributed by atoms with Gasteiger partial charge in [-0.2, -0.15) is 0 Å². The van der Waals surface area contributed by atoms with Crippen molar-refractivity contribution in [3.05, 3.63) is 0 Å². The maximum atomic E-state index is 9.78. The van der Waals surface area contributed by atoms with E-state index in [9.17, 15) is 4.57 Å². The lowest BCUT2D eigenvalue weighted by molar-refractivity contribution is 0.171. The van der Waals surface area contributed by atoms with Crippen LogP contribution in [0.15, 0.2) is 0 Å². The van der Waals surface area contributed by atoms with Gasteiger partial charge in [0.15, 0.2) is 0 Å². The molecule has 0 fully saturated rings. The van der Waals surface area contributed by atoms with Crippen molar-refractivity contribution >= 4 is 8.46 Å². The Hall–Kier alpha value is 0.190. The first kappa shape index (κ1) is 6.19. The van der Waals surface area contributed by atoms with E-state index >= 15 is 0 Å². The summed E-state index contributed by atoms with van der Waals surface area (Å²) in [7, 11) is -1.03. The molecule has 38 valence electrons. The third-order valence-corrected chi connectivity index (χ3v) is 0.865. The van der Waals surface area contributed by atoms with Gasteiger partial charge >= 0.3 is 0 Å². The van der Waals surface area contributed by atoms with Gasteiger partial charge < -0.3 is 9.67 Å². The average Bonchev–Trinajstić information content (AvgIpc) is 1.35. The third-order valence-electron chi connectivity index (χ3n) is 0.288. The van der Waals surface area contributed by atoms with Gasteiger partial charge in [-0.25, -0.2) is 0 Å². The summed E-state index contributed by atoms with van der Waals surface area (Å²) < 4.78 is 9.78. The number of hydrogen-bond acceptors (Lipinski definition) is 2. The first-order valence-corrected chi connectivity index (χ1v) is 2.80. The van der Waals surface area contributed by atoms with Crippen molar-refractivity contribution in [3.8, 4) is 0 Å². The predicted molar refractivity (Wildman–Crippen MR) is 26.7 cm³/mol. The summed E-state index contributed by atoms with van der Waals surface area (Å²) in [5.74, 6) is 0. The van der Waals surface area contributed by atoms with Gasteiger partial charge in [0.2, 0.25) is 0 Å². The van der Waals surface area contributed by atoms with Gasteiger partial charge in [-0.3, -0.25) is 0 Å². The normalized spacial score (nSPS) is 13.8. The molecule has 1 atom stereocenters. The molecule has 0 saturated heterocycles. The summed E-state index contributed by atoms with van der Waals surface area (Å²) in [5.41, 5.74) is 0. The van der Waals surface area contributed by atoms with E-state index in [4.69, 9.17) is 5.11 Å². The average molecular weight is 108 g/mol. The second-order valence-electron chi connectivity index (χ2n) is 1.77. The van der Waals surface area contributed by atoms with Crippen molar-refractivity contribution in [2.75, 3.05) is 0 Å². The van der Waals surface area contributed by atoms with Crippen LogP contribution in [-0.4, -0.2) is 10.4 Å². The highest BCUT2D eigenvalue weighted by Crippen LogP contribution is 2.15. The molecular formula is C3H9O2P. The lowest BCUT2D eigenvalue weighted by Gasteiger charge is -2.04. The molecule has 6 heavy (non-hydrogen) atoms. The SMILES string of the molecule is CC(C)(O)[PH2]=O. The van der Waals surface area contributed by atoms with E-state index in [-0.39, 0.29) is 0 Å². The lowest BCUT2D eigenvalue weighted by atomic mass is 10.5. The molecule has 2 nitrogen and oxygen atoms in total. The Balaban J connectivity index is 3.45. The zero-order valence-electron chi connectivity index (χ0n) is 3.93. The highest BCUT2D eigenvalue weighted by atomic mass is 31.1. The van der Waals surface area contributed by atoms with Crippen LogP contribution in [0.25, 0.3) is 0 Å². The van der Waals surface area contributed by atoms with Gasteiger partial charge in [0.1, 0.15) is 5.34 Å². The van der Waals surface area contributed by atoms with Crippen LogP contribution in [0.5, 0.6) is 0 Å². The van der Waals surface area contributed by atoms with Gasteiger partial charge in [-0.15, -0.1) is 0 Å². The molecular weight excluding hydrogens is 99.0 g/mol. The van der Waals surface area contributed by atoms with Crippen molar-refractivity contribution in [2.45, 2.75) is 19.2 Å². The van der Waals surface area contributed by atoms with E-state index in [1.54, 1.807) is 0 Å². The fraction of sp³-hybridized carbons (Fsp3) is 1.00. The Morgan fingerprint density at radius 1 is 1.67 bits per heavy atom. The van der Waals surface area contributed by atoms with Crippen LogP contribution in [0.2, 0.25) is 0 Å². The zero-order valence-corrected chi connectivity index (χ0v) is 5.09. The molecule has 0 aromatic rings. The second kappa shape index (κ2) is 1.76. The maximum absolute atomic E-state index is 9.78. The highest BCUT2D eigenvalue weighted by Gasteiger charge is 2.05. The van der Waals surface area contributed by atoms with Crippen LogP contribution >= 0.6 is 8.46 Å². The molecule has 1 unspecified atom stereocenters. The summed E-state index contributed by atoms with van der Waals surface area (Å²) in [4.78, 5) is 0. The minimum atomic E-state index is -1.03.